The minimum absolute atomic E-state index is 0.00635. The number of carboxylic acid groups (broad SMARTS) is 1. The first kappa shape index (κ1) is 25.5. The lowest BCUT2D eigenvalue weighted by Gasteiger charge is -2.45. The average molecular weight is 499 g/mol. The lowest BCUT2D eigenvalue weighted by Crippen LogP contribution is -2.53. The van der Waals surface area contributed by atoms with Crippen molar-refractivity contribution in [1.82, 2.24) is 15.2 Å². The summed E-state index contributed by atoms with van der Waals surface area (Å²) >= 11 is 0. The highest BCUT2D eigenvalue weighted by atomic mass is 16.5. The molecule has 6 rings (SSSR count). The van der Waals surface area contributed by atoms with Gasteiger partial charge in [0, 0.05) is 24.2 Å². The van der Waals surface area contributed by atoms with E-state index in [0.29, 0.717) is 0 Å². The van der Waals surface area contributed by atoms with Crippen molar-refractivity contribution in [2.24, 2.45) is 11.3 Å². The molecule has 3 saturated carbocycles. The van der Waals surface area contributed by atoms with E-state index in [1.165, 1.54) is 12.0 Å². The van der Waals surface area contributed by atoms with Crippen LogP contribution in [0.2, 0.25) is 0 Å². The maximum Gasteiger partial charge on any atom is 0.328 e. The summed E-state index contributed by atoms with van der Waals surface area (Å²) in [6.07, 6.45) is 12.2. The quantitative estimate of drug-likeness (QED) is 0.454. The number of ether oxygens (including phenoxy) is 1. The van der Waals surface area contributed by atoms with E-state index in [2.05, 4.69) is 27.7 Å². The molecule has 2 aliphatic heterocycles. The monoisotopic (exact) mass is 498 g/mol. The second-order valence-corrected chi connectivity index (χ2v) is 11.5. The molecule has 3 aliphatic carbocycles. The number of nitrogens with zero attached hydrogens (tertiary/aromatic N) is 2. The average Bonchev–Trinajstić information content (AvgIpc) is 2.92. The van der Waals surface area contributed by atoms with Gasteiger partial charge in [0.25, 0.3) is 0 Å². The van der Waals surface area contributed by atoms with Gasteiger partial charge < -0.3 is 25.4 Å². The van der Waals surface area contributed by atoms with Gasteiger partial charge in [-0.25, -0.2) is 9.78 Å². The Morgan fingerprint density at radius 1 is 1.19 bits per heavy atom. The number of hydrogen-bond acceptors (Lipinski definition) is 6. The first-order chi connectivity index (χ1) is 17.5. The molecule has 0 unspecified atom stereocenters. The Kier molecular flexibility index (Phi) is 8.11. The predicted octanol–water partition coefficient (Wildman–Crippen LogP) is 3.39. The molecule has 5 aliphatic rings. The largest absolute Gasteiger partial charge is 0.480 e. The van der Waals surface area contributed by atoms with Crippen molar-refractivity contribution in [1.29, 1.82) is 0 Å². The molecule has 1 saturated heterocycles. The van der Waals surface area contributed by atoms with Crippen molar-refractivity contribution in [3.8, 4) is 0 Å². The Bertz CT molecular complexity index is 916. The summed E-state index contributed by atoms with van der Waals surface area (Å²) in [4.78, 5) is 32.2. The van der Waals surface area contributed by atoms with Crippen molar-refractivity contribution in [2.45, 2.75) is 89.2 Å². The third kappa shape index (κ3) is 6.02. The number of carboxylic acids is 1. The van der Waals surface area contributed by atoms with Crippen LogP contribution in [0.4, 0.5) is 5.82 Å². The van der Waals surface area contributed by atoms with Crippen LogP contribution < -0.4 is 10.6 Å². The van der Waals surface area contributed by atoms with E-state index in [-0.39, 0.29) is 24.0 Å². The van der Waals surface area contributed by atoms with Crippen LogP contribution in [0.1, 0.15) is 75.5 Å². The molecule has 4 fully saturated rings. The molecule has 0 aromatic carbocycles. The molecule has 1 aromatic rings. The summed E-state index contributed by atoms with van der Waals surface area (Å²) in [6.45, 7) is 3.87. The Labute approximate surface area is 214 Å². The SMILES string of the molecule is O=C(O)[C@H](CO[C@@H]1CCCN(CCCc2ccc3c(n2)NCCC3)C1)NC(=O)C12CCC(CC1)CC2. The number of pyridine rings is 1. The molecule has 1 aromatic heterocycles. The fourth-order valence-corrected chi connectivity index (χ4v) is 6.65. The zero-order valence-corrected chi connectivity index (χ0v) is 21.5. The van der Waals surface area contributed by atoms with Crippen molar-refractivity contribution < 1.29 is 19.4 Å². The normalized spacial score (nSPS) is 28.7. The number of aromatic nitrogens is 1. The lowest BCUT2D eigenvalue weighted by molar-refractivity contribution is -0.149. The highest BCUT2D eigenvalue weighted by Crippen LogP contribution is 2.50. The molecule has 36 heavy (non-hydrogen) atoms. The number of likely N-dealkylation sites (tertiary alicyclic amines) is 1. The van der Waals surface area contributed by atoms with Crippen molar-refractivity contribution in [2.75, 3.05) is 38.1 Å². The minimum Gasteiger partial charge on any atom is -0.480 e. The maximum atomic E-state index is 13.1. The van der Waals surface area contributed by atoms with E-state index in [1.54, 1.807) is 0 Å². The number of piperidine rings is 1. The summed E-state index contributed by atoms with van der Waals surface area (Å²) in [6, 6.07) is 3.39. The van der Waals surface area contributed by atoms with Gasteiger partial charge in [0.05, 0.1) is 12.7 Å². The molecule has 2 bridgehead atoms. The second kappa shape index (κ2) is 11.5. The van der Waals surface area contributed by atoms with Crippen molar-refractivity contribution in [3.05, 3.63) is 23.4 Å². The summed E-state index contributed by atoms with van der Waals surface area (Å²) in [5, 5.41) is 16.0. The van der Waals surface area contributed by atoms with E-state index in [0.717, 1.165) is 114 Å². The van der Waals surface area contributed by atoms with Crippen LogP contribution in [0.15, 0.2) is 12.1 Å². The van der Waals surface area contributed by atoms with Gasteiger partial charge in [0.15, 0.2) is 6.04 Å². The minimum atomic E-state index is -1.01. The van der Waals surface area contributed by atoms with Gasteiger partial charge in [0.1, 0.15) is 5.82 Å². The standard InChI is InChI=1S/C28H42N4O4/c33-26(34)24(31-27(35)28-12-9-20(10-13-28)11-14-28)19-36-23-6-3-17-32(18-23)16-2-5-22-8-7-21-4-1-15-29-25(21)30-22/h7-8,20,23-24H,1-6,9-19H2,(H,29,30)(H,31,35)(H,33,34)/t20?,23-,24+,28?/m1/s1. The van der Waals surface area contributed by atoms with Gasteiger partial charge in [-0.05, 0) is 108 Å². The van der Waals surface area contributed by atoms with Gasteiger partial charge in [-0.1, -0.05) is 6.07 Å². The maximum absolute atomic E-state index is 13.1. The second-order valence-electron chi connectivity index (χ2n) is 11.5. The van der Waals surface area contributed by atoms with Crippen LogP contribution in [0, 0.1) is 11.3 Å². The fraction of sp³-hybridized carbons (Fsp3) is 0.750. The molecule has 0 radical (unpaired) electrons. The number of hydrogen-bond donors (Lipinski definition) is 3. The van der Waals surface area contributed by atoms with Crippen LogP contribution in [0.5, 0.6) is 0 Å². The number of carbonyl (C=O) groups is 2. The number of aryl methyl sites for hydroxylation is 2. The van der Waals surface area contributed by atoms with Crippen LogP contribution in [0.3, 0.4) is 0 Å². The molecule has 8 nitrogen and oxygen atoms in total. The molecule has 198 valence electrons. The fourth-order valence-electron chi connectivity index (χ4n) is 6.65. The van der Waals surface area contributed by atoms with Crippen LogP contribution in [-0.2, 0) is 27.2 Å². The number of nitrogens with one attached hydrogen (secondary N) is 2. The zero-order chi connectivity index (χ0) is 25.0. The Hall–Kier alpha value is -2.19. The van der Waals surface area contributed by atoms with Crippen molar-refractivity contribution >= 4 is 17.7 Å². The molecule has 2 atom stereocenters. The third-order valence-corrected chi connectivity index (χ3v) is 9.00. The Morgan fingerprint density at radius 3 is 2.78 bits per heavy atom. The Morgan fingerprint density at radius 2 is 2.00 bits per heavy atom. The summed E-state index contributed by atoms with van der Waals surface area (Å²) < 4.78 is 6.07. The van der Waals surface area contributed by atoms with E-state index in [9.17, 15) is 14.7 Å². The number of aliphatic carboxylic acids is 1. The number of fused-ring (bicyclic) bond motifs is 4. The number of amides is 1. The van der Waals surface area contributed by atoms with Crippen LogP contribution in [0.25, 0.3) is 0 Å². The van der Waals surface area contributed by atoms with Gasteiger partial charge in [0.2, 0.25) is 5.91 Å². The number of carbonyl (C=O) groups excluding carboxylic acids is 1. The summed E-state index contributed by atoms with van der Waals surface area (Å²) in [5.41, 5.74) is 2.11. The number of anilines is 1. The van der Waals surface area contributed by atoms with E-state index < -0.39 is 12.0 Å². The van der Waals surface area contributed by atoms with Gasteiger partial charge in [-0.2, -0.15) is 0 Å². The molecule has 0 spiro atoms. The Balaban J connectivity index is 1.06. The topological polar surface area (TPSA) is 104 Å². The zero-order valence-electron chi connectivity index (χ0n) is 21.5. The summed E-state index contributed by atoms with van der Waals surface area (Å²) in [7, 11) is 0. The van der Waals surface area contributed by atoms with E-state index in [1.807, 2.05) is 0 Å². The van der Waals surface area contributed by atoms with Crippen LogP contribution >= 0.6 is 0 Å². The number of rotatable bonds is 10. The molecule has 1 amide bonds. The molecule has 3 heterocycles. The van der Waals surface area contributed by atoms with Crippen LogP contribution in [-0.4, -0.2) is 71.8 Å². The highest BCUT2D eigenvalue weighted by molar-refractivity contribution is 5.87. The van der Waals surface area contributed by atoms with Gasteiger partial charge in [-0.15, -0.1) is 0 Å². The summed E-state index contributed by atoms with van der Waals surface area (Å²) in [5.74, 6) is 0.733. The van der Waals surface area contributed by atoms with E-state index >= 15 is 0 Å². The molecule has 3 N–H and O–H groups in total. The van der Waals surface area contributed by atoms with Crippen molar-refractivity contribution in [3.63, 3.8) is 0 Å². The first-order valence-corrected chi connectivity index (χ1v) is 14.1. The first-order valence-electron chi connectivity index (χ1n) is 14.1. The lowest BCUT2D eigenvalue weighted by atomic mass is 9.60. The predicted molar refractivity (Wildman–Crippen MR) is 138 cm³/mol. The van der Waals surface area contributed by atoms with Gasteiger partial charge in [-0.3, -0.25) is 4.79 Å². The smallest absolute Gasteiger partial charge is 0.328 e. The van der Waals surface area contributed by atoms with E-state index in [4.69, 9.17) is 9.72 Å². The molecular formula is C28H42N4O4. The third-order valence-electron chi connectivity index (χ3n) is 9.00. The molecular weight excluding hydrogens is 456 g/mol. The highest BCUT2D eigenvalue weighted by Gasteiger charge is 2.46. The van der Waals surface area contributed by atoms with Gasteiger partial charge >= 0.3 is 5.97 Å². The molecule has 8 heteroatoms.